The molecule has 0 unspecified atom stereocenters. The quantitative estimate of drug-likeness (QED) is 0.793. The van der Waals surface area contributed by atoms with Crippen molar-refractivity contribution in [2.45, 2.75) is 20.0 Å². The summed E-state index contributed by atoms with van der Waals surface area (Å²) >= 11 is 6.09. The van der Waals surface area contributed by atoms with E-state index in [1.807, 2.05) is 19.1 Å². The van der Waals surface area contributed by atoms with Crippen LogP contribution in [0.2, 0.25) is 5.02 Å². The molecule has 0 aliphatic carbocycles. The summed E-state index contributed by atoms with van der Waals surface area (Å²) < 4.78 is 10.8. The van der Waals surface area contributed by atoms with Crippen molar-refractivity contribution in [3.63, 3.8) is 0 Å². The molecule has 2 aromatic carbocycles. The molecule has 0 saturated heterocycles. The van der Waals surface area contributed by atoms with Gasteiger partial charge in [0, 0.05) is 16.8 Å². The van der Waals surface area contributed by atoms with Gasteiger partial charge in [-0.1, -0.05) is 23.7 Å². The Bertz CT molecular complexity index is 774. The van der Waals surface area contributed by atoms with Crippen molar-refractivity contribution in [2.24, 2.45) is 4.99 Å². The number of aliphatic carboxylic acids is 1. The zero-order valence-electron chi connectivity index (χ0n) is 13.6. The topological polar surface area (TPSA) is 68.1 Å². The van der Waals surface area contributed by atoms with Crippen LogP contribution in [0.25, 0.3) is 0 Å². The lowest BCUT2D eigenvalue weighted by atomic mass is 10.2. The molecule has 126 valence electrons. The summed E-state index contributed by atoms with van der Waals surface area (Å²) in [6.07, 6.45) is 0.590. The highest BCUT2D eigenvalue weighted by atomic mass is 35.5. The van der Waals surface area contributed by atoms with Crippen molar-refractivity contribution in [3.05, 3.63) is 52.5 Å². The Labute approximate surface area is 145 Å². The van der Waals surface area contributed by atoms with Gasteiger partial charge in [-0.25, -0.2) is 4.79 Å². The second-order valence-corrected chi connectivity index (χ2v) is 5.53. The van der Waals surface area contributed by atoms with E-state index < -0.39 is 12.1 Å². The third kappa shape index (κ3) is 4.06. The minimum Gasteiger partial charge on any atom is -0.493 e. The Morgan fingerprint density at radius 2 is 2.00 bits per heavy atom. The number of carboxylic acid groups (broad SMARTS) is 1. The van der Waals surface area contributed by atoms with Crippen LogP contribution in [-0.2, 0) is 4.79 Å². The minimum absolute atomic E-state index is 0.332. The molecule has 0 aliphatic heterocycles. The predicted octanol–water partition coefficient (Wildman–Crippen LogP) is 4.26. The average Bonchev–Trinajstić information content (AvgIpc) is 2.56. The number of nitrogens with zero attached hydrogens (tertiary/aromatic N) is 1. The number of rotatable bonds is 6. The van der Waals surface area contributed by atoms with Gasteiger partial charge in [-0.05, 0) is 43.7 Å². The van der Waals surface area contributed by atoms with Crippen molar-refractivity contribution in [2.75, 3.05) is 7.11 Å². The molecule has 24 heavy (non-hydrogen) atoms. The Kier molecular flexibility index (Phi) is 5.82. The van der Waals surface area contributed by atoms with Crippen molar-refractivity contribution < 1.29 is 19.4 Å². The summed E-state index contributed by atoms with van der Waals surface area (Å²) in [5.41, 5.74) is 2.20. The van der Waals surface area contributed by atoms with Gasteiger partial charge in [0.1, 0.15) is 0 Å². The molecule has 1 atom stereocenters. The number of aliphatic imine (C=N–C) groups is 1. The number of hydrogen-bond acceptors (Lipinski definition) is 4. The number of ether oxygens (including phenoxy) is 2. The molecule has 0 saturated carbocycles. The number of carboxylic acids is 1. The third-order valence-corrected chi connectivity index (χ3v) is 3.86. The van der Waals surface area contributed by atoms with E-state index in [4.69, 9.17) is 26.2 Å². The van der Waals surface area contributed by atoms with Gasteiger partial charge in [-0.2, -0.15) is 0 Å². The fourth-order valence-electron chi connectivity index (χ4n) is 2.02. The first-order valence-corrected chi connectivity index (χ1v) is 7.67. The highest BCUT2D eigenvalue weighted by Gasteiger charge is 2.17. The Hall–Kier alpha value is -2.53. The average molecular weight is 348 g/mol. The van der Waals surface area contributed by atoms with Crippen LogP contribution < -0.4 is 9.47 Å². The maximum atomic E-state index is 11.1. The molecular weight excluding hydrogens is 330 g/mol. The van der Waals surface area contributed by atoms with Gasteiger partial charge in [0.15, 0.2) is 17.6 Å². The largest absolute Gasteiger partial charge is 0.493 e. The lowest BCUT2D eigenvalue weighted by molar-refractivity contribution is -0.144. The number of hydrogen-bond donors (Lipinski definition) is 1. The summed E-state index contributed by atoms with van der Waals surface area (Å²) in [4.78, 5) is 15.5. The summed E-state index contributed by atoms with van der Waals surface area (Å²) in [6.45, 7) is 3.33. The minimum atomic E-state index is -1.06. The monoisotopic (exact) mass is 347 g/mol. The molecule has 0 aliphatic rings. The van der Waals surface area contributed by atoms with E-state index in [0.717, 1.165) is 11.3 Å². The van der Waals surface area contributed by atoms with Gasteiger partial charge >= 0.3 is 5.97 Å². The van der Waals surface area contributed by atoms with Crippen LogP contribution in [0.4, 0.5) is 5.69 Å². The van der Waals surface area contributed by atoms with Gasteiger partial charge in [0.25, 0.3) is 0 Å². The maximum Gasteiger partial charge on any atom is 0.344 e. The van der Waals surface area contributed by atoms with E-state index in [2.05, 4.69) is 4.99 Å². The zero-order valence-corrected chi connectivity index (χ0v) is 14.4. The van der Waals surface area contributed by atoms with Crippen molar-refractivity contribution >= 4 is 29.5 Å². The summed E-state index contributed by atoms with van der Waals surface area (Å²) in [6, 6.07) is 10.7. The van der Waals surface area contributed by atoms with E-state index >= 15 is 0 Å². The van der Waals surface area contributed by atoms with Crippen LogP contribution in [0.1, 0.15) is 18.1 Å². The number of halogens is 1. The van der Waals surface area contributed by atoms with Gasteiger partial charge in [-0.3, -0.25) is 4.99 Å². The summed E-state index contributed by atoms with van der Waals surface area (Å²) in [7, 11) is 1.50. The molecule has 2 rings (SSSR count). The Balaban J connectivity index is 2.40. The smallest absolute Gasteiger partial charge is 0.344 e. The number of benzene rings is 2. The van der Waals surface area contributed by atoms with Crippen molar-refractivity contribution in [1.29, 1.82) is 0 Å². The van der Waals surface area contributed by atoms with E-state index in [1.54, 1.807) is 30.5 Å². The standard InChI is InChI=1S/C18H18ClNO4/c1-11-14(19)7-5-8-15(11)20-10-13-6-4-9-16(23-3)17(13)24-12(2)18(21)22/h4-10,12H,1-3H3,(H,21,22)/t12-/m0/s1. The van der Waals surface area contributed by atoms with E-state index in [1.165, 1.54) is 14.0 Å². The second-order valence-electron chi connectivity index (χ2n) is 5.12. The molecule has 6 heteroatoms. The summed E-state index contributed by atoms with van der Waals surface area (Å²) in [5, 5.41) is 9.69. The molecule has 0 aromatic heterocycles. The molecule has 0 spiro atoms. The molecule has 0 amide bonds. The molecule has 2 aromatic rings. The zero-order chi connectivity index (χ0) is 17.7. The maximum absolute atomic E-state index is 11.1. The Morgan fingerprint density at radius 1 is 1.29 bits per heavy atom. The first kappa shape index (κ1) is 17.8. The van der Waals surface area contributed by atoms with Crippen LogP contribution in [0.3, 0.4) is 0 Å². The molecule has 0 fully saturated rings. The van der Waals surface area contributed by atoms with Crippen LogP contribution in [0.15, 0.2) is 41.4 Å². The van der Waals surface area contributed by atoms with Crippen LogP contribution >= 0.6 is 11.6 Å². The van der Waals surface area contributed by atoms with Gasteiger partial charge in [-0.15, -0.1) is 0 Å². The lowest BCUT2D eigenvalue weighted by Gasteiger charge is -2.15. The molecule has 1 N–H and O–H groups in total. The van der Waals surface area contributed by atoms with E-state index in [0.29, 0.717) is 22.1 Å². The number of carbonyl (C=O) groups is 1. The molecule has 5 nitrogen and oxygen atoms in total. The lowest BCUT2D eigenvalue weighted by Crippen LogP contribution is -2.23. The molecule has 0 radical (unpaired) electrons. The first-order valence-electron chi connectivity index (χ1n) is 7.29. The normalized spacial score (nSPS) is 12.2. The second kappa shape index (κ2) is 7.84. The van der Waals surface area contributed by atoms with Crippen molar-refractivity contribution in [3.8, 4) is 11.5 Å². The molecular formula is C18H18ClNO4. The molecule has 0 bridgehead atoms. The Morgan fingerprint density at radius 3 is 2.67 bits per heavy atom. The predicted molar refractivity (Wildman–Crippen MR) is 94.2 cm³/mol. The SMILES string of the molecule is COc1cccc(C=Nc2cccc(Cl)c2C)c1O[C@@H](C)C(=O)O. The summed E-state index contributed by atoms with van der Waals surface area (Å²) in [5.74, 6) is -0.289. The fourth-order valence-corrected chi connectivity index (χ4v) is 2.19. The van der Waals surface area contributed by atoms with Gasteiger partial charge < -0.3 is 14.6 Å². The highest BCUT2D eigenvalue weighted by molar-refractivity contribution is 6.31. The van der Waals surface area contributed by atoms with E-state index in [-0.39, 0.29) is 0 Å². The third-order valence-electron chi connectivity index (χ3n) is 3.45. The van der Waals surface area contributed by atoms with Gasteiger partial charge in [0.2, 0.25) is 0 Å². The number of methoxy groups -OCH3 is 1. The van der Waals surface area contributed by atoms with Crippen LogP contribution in [-0.4, -0.2) is 30.5 Å². The van der Waals surface area contributed by atoms with Crippen LogP contribution in [0, 0.1) is 6.92 Å². The number of para-hydroxylation sites is 1. The van der Waals surface area contributed by atoms with Crippen LogP contribution in [0.5, 0.6) is 11.5 Å². The van der Waals surface area contributed by atoms with Gasteiger partial charge in [0.05, 0.1) is 12.8 Å². The highest BCUT2D eigenvalue weighted by Crippen LogP contribution is 2.32. The van der Waals surface area contributed by atoms with E-state index in [9.17, 15) is 4.79 Å². The fraction of sp³-hybridized carbons (Fsp3) is 0.222. The molecule has 0 heterocycles. The van der Waals surface area contributed by atoms with Crippen molar-refractivity contribution in [1.82, 2.24) is 0 Å². The first-order chi connectivity index (χ1) is 11.4.